The maximum Gasteiger partial charge on any atom is 0.0476 e. The van der Waals surface area contributed by atoms with Crippen LogP contribution in [-0.4, -0.2) is 16.5 Å². The Kier molecular flexibility index (Phi) is 4.06. The number of thioether (sulfide) groups is 1. The second-order valence-electron chi connectivity index (χ2n) is 3.23. The van der Waals surface area contributed by atoms with Crippen LogP contribution < -0.4 is 0 Å². The van der Waals surface area contributed by atoms with Crippen LogP contribution in [0.1, 0.15) is 27.2 Å². The summed E-state index contributed by atoms with van der Waals surface area (Å²) in [5.74, 6) is 0. The van der Waals surface area contributed by atoms with Gasteiger partial charge >= 0.3 is 0 Å². The molecule has 0 radical (unpaired) electrons. The van der Waals surface area contributed by atoms with Crippen molar-refractivity contribution < 1.29 is 5.11 Å². The standard InChI is InChI=1S/C8H16OS/c1-7(5-6-9)10-8(2,3)4/h9H,1,5-6H2,2-4H3. The van der Waals surface area contributed by atoms with E-state index in [2.05, 4.69) is 27.4 Å². The lowest BCUT2D eigenvalue weighted by molar-refractivity contribution is 0.302. The maximum absolute atomic E-state index is 8.56. The minimum absolute atomic E-state index is 0.210. The summed E-state index contributed by atoms with van der Waals surface area (Å²) in [4.78, 5) is 1.06. The first-order valence-corrected chi connectivity index (χ1v) is 4.25. The second kappa shape index (κ2) is 4.04. The fraction of sp³-hybridized carbons (Fsp3) is 0.750. The third kappa shape index (κ3) is 6.17. The summed E-state index contributed by atoms with van der Waals surface area (Å²) < 4.78 is 0.228. The highest BCUT2D eigenvalue weighted by molar-refractivity contribution is 8.04. The highest BCUT2D eigenvalue weighted by Crippen LogP contribution is 2.31. The molecule has 0 amide bonds. The molecule has 0 aliphatic rings. The SMILES string of the molecule is C=C(CCO)SC(C)(C)C. The van der Waals surface area contributed by atoms with E-state index in [1.165, 1.54) is 0 Å². The van der Waals surface area contributed by atoms with Crippen LogP contribution in [0.3, 0.4) is 0 Å². The molecule has 0 aliphatic carbocycles. The largest absolute Gasteiger partial charge is 0.396 e. The van der Waals surface area contributed by atoms with Gasteiger partial charge in [-0.3, -0.25) is 0 Å². The van der Waals surface area contributed by atoms with Crippen LogP contribution in [-0.2, 0) is 0 Å². The Bertz CT molecular complexity index is 113. The van der Waals surface area contributed by atoms with Crippen LogP contribution in [0.4, 0.5) is 0 Å². The first-order valence-electron chi connectivity index (χ1n) is 3.43. The van der Waals surface area contributed by atoms with Gasteiger partial charge in [0.25, 0.3) is 0 Å². The molecule has 0 saturated heterocycles. The van der Waals surface area contributed by atoms with E-state index >= 15 is 0 Å². The summed E-state index contributed by atoms with van der Waals surface area (Å²) in [5, 5.41) is 8.56. The summed E-state index contributed by atoms with van der Waals surface area (Å²) >= 11 is 1.73. The van der Waals surface area contributed by atoms with Crippen molar-refractivity contribution in [2.45, 2.75) is 31.9 Å². The number of aliphatic hydroxyl groups excluding tert-OH is 1. The Morgan fingerprint density at radius 1 is 1.50 bits per heavy atom. The van der Waals surface area contributed by atoms with Gasteiger partial charge < -0.3 is 5.11 Å². The molecule has 0 rings (SSSR count). The molecule has 2 heteroatoms. The van der Waals surface area contributed by atoms with Crippen molar-refractivity contribution in [2.75, 3.05) is 6.61 Å². The highest BCUT2D eigenvalue weighted by atomic mass is 32.2. The topological polar surface area (TPSA) is 20.2 Å². The van der Waals surface area contributed by atoms with Crippen molar-refractivity contribution in [3.05, 3.63) is 11.5 Å². The van der Waals surface area contributed by atoms with Gasteiger partial charge in [-0.2, -0.15) is 0 Å². The van der Waals surface area contributed by atoms with Gasteiger partial charge in [-0.1, -0.05) is 27.4 Å². The minimum atomic E-state index is 0.210. The average molecular weight is 160 g/mol. The van der Waals surface area contributed by atoms with Gasteiger partial charge in [0.2, 0.25) is 0 Å². The van der Waals surface area contributed by atoms with Gasteiger partial charge in [0.15, 0.2) is 0 Å². The van der Waals surface area contributed by atoms with E-state index in [0.29, 0.717) is 6.42 Å². The van der Waals surface area contributed by atoms with E-state index in [0.717, 1.165) is 4.91 Å². The summed E-state index contributed by atoms with van der Waals surface area (Å²) in [6.45, 7) is 10.5. The second-order valence-corrected chi connectivity index (χ2v) is 5.23. The molecule has 0 spiro atoms. The van der Waals surface area contributed by atoms with Gasteiger partial charge in [-0.25, -0.2) is 0 Å². The molecule has 0 atom stereocenters. The third-order valence-electron chi connectivity index (χ3n) is 0.841. The fourth-order valence-electron chi connectivity index (χ4n) is 0.609. The van der Waals surface area contributed by atoms with E-state index in [9.17, 15) is 0 Å². The predicted octanol–water partition coefficient (Wildman–Crippen LogP) is 2.41. The van der Waals surface area contributed by atoms with Crippen molar-refractivity contribution in [3.63, 3.8) is 0 Å². The maximum atomic E-state index is 8.56. The number of rotatable bonds is 3. The highest BCUT2D eigenvalue weighted by Gasteiger charge is 2.11. The molecule has 0 aromatic rings. The Morgan fingerprint density at radius 3 is 2.30 bits per heavy atom. The van der Waals surface area contributed by atoms with E-state index < -0.39 is 0 Å². The van der Waals surface area contributed by atoms with Crippen LogP contribution >= 0.6 is 11.8 Å². The molecule has 0 saturated carbocycles. The number of hydrogen-bond donors (Lipinski definition) is 1. The molecule has 0 heterocycles. The van der Waals surface area contributed by atoms with Crippen molar-refractivity contribution >= 4 is 11.8 Å². The molecule has 1 N–H and O–H groups in total. The van der Waals surface area contributed by atoms with E-state index in [1.54, 1.807) is 11.8 Å². The number of aliphatic hydroxyl groups is 1. The molecule has 0 bridgehead atoms. The van der Waals surface area contributed by atoms with Crippen LogP contribution in [0, 0.1) is 0 Å². The summed E-state index contributed by atoms with van der Waals surface area (Å²) in [7, 11) is 0. The smallest absolute Gasteiger partial charge is 0.0476 e. The van der Waals surface area contributed by atoms with Gasteiger partial charge in [0, 0.05) is 17.8 Å². The molecule has 0 aliphatic heterocycles. The molecular formula is C8H16OS. The van der Waals surface area contributed by atoms with Crippen LogP contribution in [0.5, 0.6) is 0 Å². The van der Waals surface area contributed by atoms with Crippen molar-refractivity contribution in [2.24, 2.45) is 0 Å². The van der Waals surface area contributed by atoms with Gasteiger partial charge in [-0.15, -0.1) is 11.8 Å². The lowest BCUT2D eigenvalue weighted by Crippen LogP contribution is -2.07. The quantitative estimate of drug-likeness (QED) is 0.684. The molecular weight excluding hydrogens is 144 g/mol. The van der Waals surface area contributed by atoms with E-state index in [-0.39, 0.29) is 11.4 Å². The van der Waals surface area contributed by atoms with Crippen molar-refractivity contribution in [3.8, 4) is 0 Å². The fourth-order valence-corrected chi connectivity index (χ4v) is 1.67. The van der Waals surface area contributed by atoms with Gasteiger partial charge in [0.05, 0.1) is 0 Å². The predicted molar refractivity (Wildman–Crippen MR) is 48.2 cm³/mol. The lowest BCUT2D eigenvalue weighted by atomic mass is 10.3. The molecule has 60 valence electrons. The zero-order valence-electron chi connectivity index (χ0n) is 6.98. The monoisotopic (exact) mass is 160 g/mol. The minimum Gasteiger partial charge on any atom is -0.396 e. The van der Waals surface area contributed by atoms with Crippen LogP contribution in [0.25, 0.3) is 0 Å². The molecule has 0 unspecified atom stereocenters. The van der Waals surface area contributed by atoms with Gasteiger partial charge in [-0.05, 0) is 4.91 Å². The van der Waals surface area contributed by atoms with Crippen LogP contribution in [0.2, 0.25) is 0 Å². The summed E-state index contributed by atoms with van der Waals surface area (Å²) in [5.41, 5.74) is 0. The Morgan fingerprint density at radius 2 is 2.00 bits per heavy atom. The van der Waals surface area contributed by atoms with E-state index in [1.807, 2.05) is 0 Å². The van der Waals surface area contributed by atoms with Crippen molar-refractivity contribution in [1.29, 1.82) is 0 Å². The summed E-state index contributed by atoms with van der Waals surface area (Å²) in [6.07, 6.45) is 0.710. The van der Waals surface area contributed by atoms with Crippen molar-refractivity contribution in [1.82, 2.24) is 0 Å². The normalized spacial score (nSPS) is 11.6. The number of hydrogen-bond acceptors (Lipinski definition) is 2. The van der Waals surface area contributed by atoms with E-state index in [4.69, 9.17) is 5.11 Å². The zero-order valence-corrected chi connectivity index (χ0v) is 7.79. The Labute approximate surface area is 67.5 Å². The molecule has 0 aromatic carbocycles. The Hall–Kier alpha value is 0.0500. The lowest BCUT2D eigenvalue weighted by Gasteiger charge is -2.18. The van der Waals surface area contributed by atoms with Crippen LogP contribution in [0.15, 0.2) is 11.5 Å². The molecule has 0 aromatic heterocycles. The summed E-state index contributed by atoms with van der Waals surface area (Å²) in [6, 6.07) is 0. The molecule has 1 nitrogen and oxygen atoms in total. The Balaban J connectivity index is 3.58. The molecule has 10 heavy (non-hydrogen) atoms. The third-order valence-corrected chi connectivity index (χ3v) is 1.95. The molecule has 0 fully saturated rings. The average Bonchev–Trinajstić information content (AvgIpc) is 1.59. The van der Waals surface area contributed by atoms with Gasteiger partial charge in [0.1, 0.15) is 0 Å². The first kappa shape index (κ1) is 10.0. The first-order chi connectivity index (χ1) is 4.45. The zero-order chi connectivity index (χ0) is 8.20.